The van der Waals surface area contributed by atoms with Gasteiger partial charge in [0.05, 0.1) is 19.6 Å². The highest BCUT2D eigenvalue weighted by atomic mass is 16.5. The SMILES string of the molecule is COc1ccc(C(=O)NNC(=O)c2n[nH]c(=O)c3ccccc23)cc1OC. The third kappa shape index (κ3) is 3.56. The Morgan fingerprint density at radius 3 is 2.30 bits per heavy atom. The van der Waals surface area contributed by atoms with Crippen LogP contribution in [0.15, 0.2) is 47.3 Å². The number of hydrogen-bond acceptors (Lipinski definition) is 6. The van der Waals surface area contributed by atoms with E-state index in [1.807, 2.05) is 0 Å². The van der Waals surface area contributed by atoms with E-state index in [1.54, 1.807) is 30.3 Å². The van der Waals surface area contributed by atoms with Gasteiger partial charge in [-0.25, -0.2) is 5.10 Å². The highest BCUT2D eigenvalue weighted by Crippen LogP contribution is 2.27. The van der Waals surface area contributed by atoms with Crippen LogP contribution in [0.4, 0.5) is 0 Å². The van der Waals surface area contributed by atoms with E-state index in [0.717, 1.165) is 0 Å². The van der Waals surface area contributed by atoms with Gasteiger partial charge in [0, 0.05) is 10.9 Å². The van der Waals surface area contributed by atoms with E-state index in [0.29, 0.717) is 22.3 Å². The molecule has 1 aromatic heterocycles. The molecule has 9 nitrogen and oxygen atoms in total. The first kappa shape index (κ1) is 17.9. The third-order valence-corrected chi connectivity index (χ3v) is 3.85. The van der Waals surface area contributed by atoms with Crippen LogP contribution in [0.25, 0.3) is 10.8 Å². The molecule has 0 fully saturated rings. The largest absolute Gasteiger partial charge is 0.493 e. The summed E-state index contributed by atoms with van der Waals surface area (Å²) in [5.74, 6) is -0.374. The van der Waals surface area contributed by atoms with Crippen LogP contribution in [0.3, 0.4) is 0 Å². The van der Waals surface area contributed by atoms with E-state index in [1.165, 1.54) is 26.4 Å². The minimum absolute atomic E-state index is 0.0159. The summed E-state index contributed by atoms with van der Waals surface area (Å²) in [7, 11) is 2.94. The predicted molar refractivity (Wildman–Crippen MR) is 96.8 cm³/mol. The van der Waals surface area contributed by atoms with E-state index >= 15 is 0 Å². The Kier molecular flexibility index (Phi) is 5.02. The van der Waals surface area contributed by atoms with Gasteiger partial charge in [-0.05, 0) is 24.3 Å². The van der Waals surface area contributed by atoms with Gasteiger partial charge < -0.3 is 9.47 Å². The van der Waals surface area contributed by atoms with Gasteiger partial charge in [-0.1, -0.05) is 18.2 Å². The Labute approximate surface area is 153 Å². The van der Waals surface area contributed by atoms with Crippen LogP contribution < -0.4 is 25.9 Å². The molecule has 2 aromatic carbocycles. The molecule has 0 saturated heterocycles. The van der Waals surface area contributed by atoms with E-state index < -0.39 is 17.4 Å². The Balaban J connectivity index is 1.77. The summed E-state index contributed by atoms with van der Waals surface area (Å²) in [6.07, 6.45) is 0. The first-order valence-corrected chi connectivity index (χ1v) is 7.85. The zero-order valence-corrected chi connectivity index (χ0v) is 14.5. The fraction of sp³-hybridized carbons (Fsp3) is 0.111. The van der Waals surface area contributed by atoms with Gasteiger partial charge in [-0.15, -0.1) is 0 Å². The van der Waals surface area contributed by atoms with Crippen molar-refractivity contribution in [2.75, 3.05) is 14.2 Å². The number of benzene rings is 2. The van der Waals surface area contributed by atoms with Crippen LogP contribution in [0.1, 0.15) is 20.8 Å². The zero-order valence-electron chi connectivity index (χ0n) is 14.5. The Morgan fingerprint density at radius 2 is 1.59 bits per heavy atom. The smallest absolute Gasteiger partial charge is 0.290 e. The van der Waals surface area contributed by atoms with Gasteiger partial charge in [-0.3, -0.25) is 25.2 Å². The number of amides is 2. The molecule has 0 bridgehead atoms. The normalized spacial score (nSPS) is 10.3. The molecule has 3 aromatic rings. The van der Waals surface area contributed by atoms with Gasteiger partial charge in [0.25, 0.3) is 17.4 Å². The number of rotatable bonds is 4. The molecule has 3 N–H and O–H groups in total. The van der Waals surface area contributed by atoms with E-state index in [4.69, 9.17) is 9.47 Å². The Morgan fingerprint density at radius 1 is 0.926 bits per heavy atom. The molecule has 0 unspecified atom stereocenters. The van der Waals surface area contributed by atoms with Crippen molar-refractivity contribution in [1.29, 1.82) is 0 Å². The van der Waals surface area contributed by atoms with Crippen LogP contribution in [0, 0.1) is 0 Å². The van der Waals surface area contributed by atoms with Crippen LogP contribution in [0.2, 0.25) is 0 Å². The number of carbonyl (C=O) groups is 2. The average Bonchev–Trinajstić information content (AvgIpc) is 2.71. The van der Waals surface area contributed by atoms with Crippen molar-refractivity contribution in [3.05, 3.63) is 64.1 Å². The van der Waals surface area contributed by atoms with E-state index in [-0.39, 0.29) is 11.3 Å². The Hall–Kier alpha value is -3.88. The first-order chi connectivity index (χ1) is 13.0. The molecule has 0 spiro atoms. The molecule has 0 aliphatic heterocycles. The maximum Gasteiger partial charge on any atom is 0.290 e. The van der Waals surface area contributed by atoms with Crippen molar-refractivity contribution in [2.45, 2.75) is 0 Å². The quantitative estimate of drug-likeness (QED) is 0.591. The molecule has 1 heterocycles. The number of fused-ring (bicyclic) bond motifs is 1. The number of hydrogen-bond donors (Lipinski definition) is 3. The van der Waals surface area contributed by atoms with Crippen molar-refractivity contribution < 1.29 is 19.1 Å². The van der Waals surface area contributed by atoms with Gasteiger partial charge in [0.2, 0.25) is 0 Å². The molecule has 0 aliphatic carbocycles. The molecule has 3 rings (SSSR count). The van der Waals surface area contributed by atoms with Gasteiger partial charge in [0.15, 0.2) is 17.2 Å². The molecule has 0 radical (unpaired) electrons. The number of nitrogens with one attached hydrogen (secondary N) is 3. The topological polar surface area (TPSA) is 122 Å². The monoisotopic (exact) mass is 368 g/mol. The van der Waals surface area contributed by atoms with E-state index in [9.17, 15) is 14.4 Å². The number of aromatic nitrogens is 2. The second-order valence-electron chi connectivity index (χ2n) is 5.42. The second kappa shape index (κ2) is 7.56. The Bertz CT molecular complexity index is 1080. The summed E-state index contributed by atoms with van der Waals surface area (Å²) < 4.78 is 10.3. The number of methoxy groups -OCH3 is 2. The van der Waals surface area contributed by atoms with Crippen molar-refractivity contribution in [3.8, 4) is 11.5 Å². The second-order valence-corrected chi connectivity index (χ2v) is 5.42. The lowest BCUT2D eigenvalue weighted by molar-refractivity contribution is 0.0844. The predicted octanol–water partition coefficient (Wildman–Crippen LogP) is 1.02. The van der Waals surface area contributed by atoms with Gasteiger partial charge in [0.1, 0.15) is 0 Å². The maximum atomic E-state index is 12.4. The fourth-order valence-corrected chi connectivity index (χ4v) is 2.51. The molecule has 9 heteroatoms. The number of aromatic amines is 1. The summed E-state index contributed by atoms with van der Waals surface area (Å²) in [5.41, 5.74) is 4.41. The number of carbonyl (C=O) groups excluding carboxylic acids is 2. The van der Waals surface area contributed by atoms with Crippen LogP contribution in [0.5, 0.6) is 11.5 Å². The minimum atomic E-state index is -0.670. The van der Waals surface area contributed by atoms with E-state index in [2.05, 4.69) is 21.0 Å². The fourth-order valence-electron chi connectivity index (χ4n) is 2.51. The first-order valence-electron chi connectivity index (χ1n) is 7.85. The molecular formula is C18H16N4O5. The highest BCUT2D eigenvalue weighted by Gasteiger charge is 2.16. The molecule has 27 heavy (non-hydrogen) atoms. The number of hydrazine groups is 1. The van der Waals surface area contributed by atoms with Crippen molar-refractivity contribution >= 4 is 22.6 Å². The number of nitrogens with zero attached hydrogens (tertiary/aromatic N) is 1. The summed E-state index contributed by atoms with van der Waals surface area (Å²) in [4.78, 5) is 36.4. The van der Waals surface area contributed by atoms with Crippen LogP contribution in [-0.4, -0.2) is 36.2 Å². The third-order valence-electron chi connectivity index (χ3n) is 3.85. The summed E-state index contributed by atoms with van der Waals surface area (Å²) >= 11 is 0. The number of ether oxygens (including phenoxy) is 2. The summed E-state index contributed by atoms with van der Waals surface area (Å²) in [6, 6.07) is 11.1. The highest BCUT2D eigenvalue weighted by molar-refractivity contribution is 6.06. The lowest BCUT2D eigenvalue weighted by atomic mass is 10.1. The standard InChI is InChI=1S/C18H16N4O5/c1-26-13-8-7-10(9-14(13)27-2)16(23)20-22-18(25)15-11-5-3-4-6-12(11)17(24)21-19-15/h3-9H,1-2H3,(H,20,23)(H,21,24)(H,22,25). The summed E-state index contributed by atoms with van der Waals surface area (Å²) in [6.45, 7) is 0. The molecular weight excluding hydrogens is 352 g/mol. The minimum Gasteiger partial charge on any atom is -0.493 e. The molecule has 0 atom stereocenters. The van der Waals surface area contributed by atoms with Gasteiger partial charge in [-0.2, -0.15) is 5.10 Å². The molecule has 0 aliphatic rings. The van der Waals surface area contributed by atoms with Crippen molar-refractivity contribution in [1.82, 2.24) is 21.0 Å². The maximum absolute atomic E-state index is 12.4. The molecule has 2 amide bonds. The molecule has 138 valence electrons. The number of H-pyrrole nitrogens is 1. The average molecular weight is 368 g/mol. The lowest BCUT2D eigenvalue weighted by Gasteiger charge is -2.11. The molecule has 0 saturated carbocycles. The lowest BCUT2D eigenvalue weighted by Crippen LogP contribution is -2.42. The summed E-state index contributed by atoms with van der Waals surface area (Å²) in [5, 5.41) is 6.73. The van der Waals surface area contributed by atoms with Crippen LogP contribution in [-0.2, 0) is 0 Å². The van der Waals surface area contributed by atoms with Crippen molar-refractivity contribution in [2.24, 2.45) is 0 Å². The zero-order chi connectivity index (χ0) is 19.4. The van der Waals surface area contributed by atoms with Crippen LogP contribution >= 0.6 is 0 Å². The van der Waals surface area contributed by atoms with Crippen molar-refractivity contribution in [3.63, 3.8) is 0 Å². The van der Waals surface area contributed by atoms with Gasteiger partial charge >= 0.3 is 0 Å².